The van der Waals surface area contributed by atoms with E-state index >= 15 is 0 Å². The van der Waals surface area contributed by atoms with Crippen LogP contribution in [0, 0.1) is 6.92 Å². The van der Waals surface area contributed by atoms with Gasteiger partial charge in [0.15, 0.2) is 0 Å². The Morgan fingerprint density at radius 1 is 0.972 bits per heavy atom. The number of nitrogens with zero attached hydrogens (tertiary/aromatic N) is 1. The number of aliphatic hydroxyl groups is 1. The maximum atomic E-state index is 13.6. The van der Waals surface area contributed by atoms with Gasteiger partial charge in [0.2, 0.25) is 0 Å². The Balaban J connectivity index is 1.99. The summed E-state index contributed by atoms with van der Waals surface area (Å²) < 4.78 is 10.6. The normalized spacial score (nSPS) is 18.7. The number of rotatable bonds is 7. The molecule has 2 N–H and O–H groups in total. The fourth-order valence-corrected chi connectivity index (χ4v) is 4.18. The van der Waals surface area contributed by atoms with E-state index in [1.807, 2.05) is 13.8 Å². The summed E-state index contributed by atoms with van der Waals surface area (Å²) in [6.07, 6.45) is 0. The molecule has 0 saturated carbocycles. The highest BCUT2D eigenvalue weighted by Crippen LogP contribution is 2.42. The van der Waals surface area contributed by atoms with Crippen molar-refractivity contribution in [3.63, 3.8) is 0 Å². The van der Waals surface area contributed by atoms with E-state index in [4.69, 9.17) is 9.47 Å². The second kappa shape index (κ2) is 9.95. The lowest BCUT2D eigenvalue weighted by Gasteiger charge is -2.37. The van der Waals surface area contributed by atoms with E-state index in [1.165, 1.54) is 0 Å². The molecular formula is C28H26N2O6. The van der Waals surface area contributed by atoms with Gasteiger partial charge in [-0.25, -0.2) is 4.79 Å². The Bertz CT molecular complexity index is 1320. The van der Waals surface area contributed by atoms with Gasteiger partial charge in [-0.15, -0.1) is 0 Å². The SMILES string of the molecule is CCOc1ccc(N[C@@]2(C(=O)OC)/C(=C(/O)c3ccc(C)cc3)C(=O)C(=O)N2c2ccccc2)cc1. The maximum Gasteiger partial charge on any atom is 0.358 e. The van der Waals surface area contributed by atoms with Gasteiger partial charge in [-0.3, -0.25) is 14.5 Å². The van der Waals surface area contributed by atoms with Crippen LogP contribution in [0.1, 0.15) is 18.1 Å². The number of aliphatic hydroxyl groups excluding tert-OH is 1. The Morgan fingerprint density at radius 2 is 1.61 bits per heavy atom. The van der Waals surface area contributed by atoms with Crippen LogP contribution in [0.15, 0.2) is 84.4 Å². The van der Waals surface area contributed by atoms with E-state index in [-0.39, 0.29) is 11.3 Å². The summed E-state index contributed by atoms with van der Waals surface area (Å²) in [6.45, 7) is 4.21. The largest absolute Gasteiger partial charge is 0.507 e. The number of nitrogens with one attached hydrogen (secondary N) is 1. The molecule has 0 radical (unpaired) electrons. The van der Waals surface area contributed by atoms with Crippen LogP contribution in [-0.4, -0.2) is 42.1 Å². The number of ether oxygens (including phenoxy) is 2. The van der Waals surface area contributed by atoms with Crippen molar-refractivity contribution >= 4 is 34.8 Å². The van der Waals surface area contributed by atoms with Crippen LogP contribution in [0.25, 0.3) is 5.76 Å². The summed E-state index contributed by atoms with van der Waals surface area (Å²) in [6, 6.07) is 21.7. The van der Waals surface area contributed by atoms with Crippen molar-refractivity contribution < 1.29 is 29.0 Å². The molecule has 1 aliphatic rings. The smallest absolute Gasteiger partial charge is 0.358 e. The van der Waals surface area contributed by atoms with Crippen molar-refractivity contribution in [3.8, 4) is 5.75 Å². The lowest BCUT2D eigenvalue weighted by Crippen LogP contribution is -2.59. The standard InChI is InChI=1S/C28H26N2O6/c1-4-36-22-16-14-20(15-17-22)29-28(27(34)35-3)23(24(31)19-12-10-18(2)11-13-19)25(32)26(33)30(28)21-8-6-5-7-9-21/h5-17,29,31H,4H2,1-3H3/b24-23+/t28-/m0/s1. The molecule has 1 saturated heterocycles. The molecule has 36 heavy (non-hydrogen) atoms. The fourth-order valence-electron chi connectivity index (χ4n) is 4.18. The third-order valence-corrected chi connectivity index (χ3v) is 5.87. The zero-order valence-electron chi connectivity index (χ0n) is 20.1. The molecule has 8 heteroatoms. The van der Waals surface area contributed by atoms with Crippen molar-refractivity contribution in [3.05, 3.63) is 95.6 Å². The highest BCUT2D eigenvalue weighted by molar-refractivity contribution is 6.54. The van der Waals surface area contributed by atoms with Crippen molar-refractivity contribution in [2.75, 3.05) is 23.9 Å². The van der Waals surface area contributed by atoms with Gasteiger partial charge < -0.3 is 19.9 Å². The lowest BCUT2D eigenvalue weighted by molar-refractivity contribution is -0.145. The summed E-state index contributed by atoms with van der Waals surface area (Å²) >= 11 is 0. The van der Waals surface area contributed by atoms with Crippen molar-refractivity contribution in [2.45, 2.75) is 19.5 Å². The zero-order chi connectivity index (χ0) is 25.9. The second-order valence-electron chi connectivity index (χ2n) is 8.18. The summed E-state index contributed by atoms with van der Waals surface area (Å²) in [7, 11) is 1.15. The average molecular weight is 487 g/mol. The number of amides is 1. The summed E-state index contributed by atoms with van der Waals surface area (Å²) in [4.78, 5) is 41.5. The van der Waals surface area contributed by atoms with Crippen molar-refractivity contribution in [2.24, 2.45) is 0 Å². The van der Waals surface area contributed by atoms with Crippen LogP contribution in [-0.2, 0) is 19.1 Å². The summed E-state index contributed by atoms with van der Waals surface area (Å²) in [5.74, 6) is -2.87. The van der Waals surface area contributed by atoms with Gasteiger partial charge >= 0.3 is 11.9 Å². The fraction of sp³-hybridized carbons (Fsp3) is 0.179. The van der Waals surface area contributed by atoms with E-state index in [0.29, 0.717) is 18.0 Å². The molecule has 1 amide bonds. The van der Waals surface area contributed by atoms with Gasteiger partial charge in [0.25, 0.3) is 11.4 Å². The number of anilines is 2. The van der Waals surface area contributed by atoms with Crippen LogP contribution in [0.3, 0.4) is 0 Å². The van der Waals surface area contributed by atoms with Gasteiger partial charge in [-0.05, 0) is 50.2 Å². The zero-order valence-corrected chi connectivity index (χ0v) is 20.1. The Hall–Kier alpha value is -4.59. The molecule has 3 aromatic carbocycles. The average Bonchev–Trinajstić information content (AvgIpc) is 3.12. The second-order valence-corrected chi connectivity index (χ2v) is 8.18. The molecule has 0 aromatic heterocycles. The van der Waals surface area contributed by atoms with Gasteiger partial charge in [-0.2, -0.15) is 0 Å². The number of para-hydroxylation sites is 1. The first-order chi connectivity index (χ1) is 17.3. The molecule has 3 aromatic rings. The molecule has 1 atom stereocenters. The summed E-state index contributed by atoms with van der Waals surface area (Å²) in [5, 5.41) is 14.4. The molecule has 1 heterocycles. The van der Waals surface area contributed by atoms with Crippen LogP contribution >= 0.6 is 0 Å². The summed E-state index contributed by atoms with van der Waals surface area (Å²) in [5.41, 5.74) is -0.753. The number of Topliss-reactive ketones (excluding diaryl/α,β-unsaturated/α-hetero) is 1. The third kappa shape index (κ3) is 4.17. The maximum absolute atomic E-state index is 13.6. The number of benzene rings is 3. The van der Waals surface area contributed by atoms with E-state index in [9.17, 15) is 19.5 Å². The van der Waals surface area contributed by atoms with Gasteiger partial charge in [0.1, 0.15) is 17.1 Å². The molecule has 8 nitrogen and oxygen atoms in total. The number of methoxy groups -OCH3 is 1. The first kappa shape index (κ1) is 24.5. The topological polar surface area (TPSA) is 105 Å². The first-order valence-corrected chi connectivity index (χ1v) is 11.4. The van der Waals surface area contributed by atoms with Crippen LogP contribution < -0.4 is 15.0 Å². The molecule has 184 valence electrons. The predicted molar refractivity (Wildman–Crippen MR) is 136 cm³/mol. The molecule has 1 aliphatic heterocycles. The molecule has 0 spiro atoms. The van der Waals surface area contributed by atoms with Gasteiger partial charge in [0, 0.05) is 16.9 Å². The number of ketones is 1. The number of hydrogen-bond donors (Lipinski definition) is 2. The Morgan fingerprint density at radius 3 is 2.19 bits per heavy atom. The third-order valence-electron chi connectivity index (χ3n) is 5.87. The quantitative estimate of drug-likeness (QED) is 0.223. The van der Waals surface area contributed by atoms with Crippen molar-refractivity contribution in [1.29, 1.82) is 0 Å². The number of esters is 1. The Kier molecular flexibility index (Phi) is 6.78. The van der Waals surface area contributed by atoms with E-state index in [1.54, 1.807) is 78.9 Å². The predicted octanol–water partition coefficient (Wildman–Crippen LogP) is 4.26. The first-order valence-electron chi connectivity index (χ1n) is 11.4. The monoisotopic (exact) mass is 486 g/mol. The van der Waals surface area contributed by atoms with Crippen LogP contribution in [0.5, 0.6) is 5.75 Å². The number of hydrogen-bond acceptors (Lipinski definition) is 7. The minimum absolute atomic E-state index is 0.270. The molecule has 4 rings (SSSR count). The molecule has 0 bridgehead atoms. The molecule has 0 aliphatic carbocycles. The highest BCUT2D eigenvalue weighted by Gasteiger charge is 2.63. The number of carbonyl (C=O) groups excluding carboxylic acids is 3. The Labute approximate surface area is 208 Å². The number of carbonyl (C=O) groups is 3. The number of aryl methyl sites for hydroxylation is 1. The lowest BCUT2D eigenvalue weighted by atomic mass is 9.93. The van der Waals surface area contributed by atoms with E-state index in [0.717, 1.165) is 17.6 Å². The van der Waals surface area contributed by atoms with Crippen molar-refractivity contribution in [1.82, 2.24) is 0 Å². The van der Waals surface area contributed by atoms with Gasteiger partial charge in [0.05, 0.1) is 13.7 Å². The van der Waals surface area contributed by atoms with Crippen LogP contribution in [0.4, 0.5) is 11.4 Å². The minimum atomic E-state index is -2.19. The highest BCUT2D eigenvalue weighted by atomic mass is 16.5. The molecule has 0 unspecified atom stereocenters. The molecular weight excluding hydrogens is 460 g/mol. The van der Waals surface area contributed by atoms with E-state index < -0.39 is 34.7 Å². The molecule has 1 fully saturated rings. The van der Waals surface area contributed by atoms with E-state index in [2.05, 4.69) is 5.32 Å². The van der Waals surface area contributed by atoms with Crippen LogP contribution in [0.2, 0.25) is 0 Å². The van der Waals surface area contributed by atoms with Gasteiger partial charge in [-0.1, -0.05) is 48.0 Å². The minimum Gasteiger partial charge on any atom is -0.507 e.